The number of imidazole rings is 2. The van der Waals surface area contributed by atoms with E-state index >= 15 is 8.78 Å². The second-order valence-corrected chi connectivity index (χ2v) is 18.3. The van der Waals surface area contributed by atoms with Crippen molar-refractivity contribution in [1.29, 1.82) is 10.5 Å². The van der Waals surface area contributed by atoms with Crippen LogP contribution in [-0.2, 0) is 36.7 Å². The maximum absolute atomic E-state index is 17.1. The molecule has 354 valence electrons. The summed E-state index contributed by atoms with van der Waals surface area (Å²) in [5.74, 6) is -0.914. The number of nitrogens with zero attached hydrogens (tertiary/aromatic N) is 10. The molecule has 5 N–H and O–H groups in total. The van der Waals surface area contributed by atoms with Crippen molar-refractivity contribution in [2.45, 2.75) is 62.3 Å². The molecule has 2 aliphatic rings. The average Bonchev–Trinajstić information content (AvgIpc) is 4.13. The quantitative estimate of drug-likeness (QED) is 0.0574. The number of aromatic nitrogens is 8. The molecule has 0 saturated carbocycles. The lowest BCUT2D eigenvalue weighted by Gasteiger charge is -2.27. The van der Waals surface area contributed by atoms with E-state index < -0.39 is 90.2 Å². The highest BCUT2D eigenvalue weighted by Gasteiger charge is 2.51. The molecule has 6 aromatic rings. The number of nitrogens with one attached hydrogen (secondary N) is 3. The Bertz CT molecular complexity index is 2940. The van der Waals surface area contributed by atoms with Crippen molar-refractivity contribution in [1.82, 2.24) is 44.1 Å². The number of rotatable bonds is 20. The van der Waals surface area contributed by atoms with E-state index in [0.717, 1.165) is 6.33 Å². The molecule has 2 unspecified atom stereocenters. The molecule has 68 heavy (non-hydrogen) atoms. The van der Waals surface area contributed by atoms with Gasteiger partial charge in [0, 0.05) is 17.5 Å². The van der Waals surface area contributed by atoms with Gasteiger partial charge in [0.2, 0.25) is 0 Å². The normalized spacial score (nSPS) is 23.1. The molecule has 0 aliphatic carbocycles. The van der Waals surface area contributed by atoms with E-state index in [9.17, 15) is 24.0 Å². The minimum absolute atomic E-state index is 0.00405. The van der Waals surface area contributed by atoms with Crippen LogP contribution in [0.4, 0.5) is 20.4 Å². The summed E-state index contributed by atoms with van der Waals surface area (Å²) in [6.07, 6.45) is -5.44. The van der Waals surface area contributed by atoms with Crippen molar-refractivity contribution >= 4 is 61.3 Å². The number of nitrogens with two attached hydrogens (primary N) is 1. The Hall–Kier alpha value is -6.54. The van der Waals surface area contributed by atoms with Gasteiger partial charge in [-0.15, -0.1) is 0 Å². The maximum Gasteiger partial charge on any atom is 0.406 e. The molecule has 8 rings (SSSR count). The van der Waals surface area contributed by atoms with E-state index in [1.54, 1.807) is 66.7 Å². The molecule has 0 spiro atoms. The van der Waals surface area contributed by atoms with Crippen molar-refractivity contribution in [2.24, 2.45) is 5.50 Å². The first-order valence-electron chi connectivity index (χ1n) is 20.6. The third-order valence-corrected chi connectivity index (χ3v) is 13.1. The van der Waals surface area contributed by atoms with Gasteiger partial charge < -0.3 is 20.1 Å². The molecular formula is C40H40F2N14O10P2. The fraction of sp³-hybridized carbons (Fsp3) is 0.350. The number of benzene rings is 2. The van der Waals surface area contributed by atoms with E-state index in [2.05, 4.69) is 45.6 Å². The SMILES string of the molecule is N#CCCOP(N)(=O)OC[C@H]1O[C@@H](n2cnc3c(NC(=O)c4ccccc4)ncnc32)[C@H](F)[C@@H]1NP(=O)(OCCC#N)OC[C@@H]1C[C@@H](F)[C@H](n2cnc3c(NC(=O)c4ccccc4)ncnc32)O1. The zero-order valence-corrected chi connectivity index (χ0v) is 37.1. The Kier molecular flexibility index (Phi) is 14.9. The number of fused-ring (bicyclic) bond motifs is 2. The van der Waals surface area contributed by atoms with Gasteiger partial charge in [0.25, 0.3) is 11.8 Å². The maximum atomic E-state index is 17.1. The van der Waals surface area contributed by atoms with E-state index in [1.165, 1.54) is 28.1 Å². The third-order valence-electron chi connectivity index (χ3n) is 10.4. The molecule has 2 saturated heterocycles. The van der Waals surface area contributed by atoms with Gasteiger partial charge >= 0.3 is 15.5 Å². The van der Waals surface area contributed by atoms with Crippen LogP contribution in [0.1, 0.15) is 52.4 Å². The number of hydrogen-bond donors (Lipinski definition) is 4. The summed E-state index contributed by atoms with van der Waals surface area (Å²) in [4.78, 5) is 51.2. The van der Waals surface area contributed by atoms with Crippen LogP contribution in [0.25, 0.3) is 22.3 Å². The van der Waals surface area contributed by atoms with Gasteiger partial charge in [0.05, 0.1) is 76.2 Å². The van der Waals surface area contributed by atoms with E-state index in [0.29, 0.717) is 11.1 Å². The largest absolute Gasteiger partial charge is 0.406 e. The Morgan fingerprint density at radius 3 is 1.84 bits per heavy atom. The minimum Gasteiger partial charge on any atom is -0.349 e. The highest BCUT2D eigenvalue weighted by Crippen LogP contribution is 2.49. The summed E-state index contributed by atoms with van der Waals surface area (Å²) in [6, 6.07) is 18.6. The number of amides is 2. The number of nitriles is 2. The van der Waals surface area contributed by atoms with Crippen molar-refractivity contribution in [2.75, 3.05) is 37.1 Å². The molecule has 28 heteroatoms. The molecule has 6 heterocycles. The molecule has 9 atom stereocenters. The van der Waals surface area contributed by atoms with Crippen molar-refractivity contribution < 1.29 is 55.1 Å². The fourth-order valence-electron chi connectivity index (χ4n) is 7.21. The summed E-state index contributed by atoms with van der Waals surface area (Å²) in [7, 11) is -9.09. The van der Waals surface area contributed by atoms with Gasteiger partial charge in [0.1, 0.15) is 24.9 Å². The zero-order valence-electron chi connectivity index (χ0n) is 35.4. The van der Waals surface area contributed by atoms with Crippen LogP contribution in [0.2, 0.25) is 0 Å². The highest BCUT2D eigenvalue weighted by atomic mass is 31.2. The number of carbonyl (C=O) groups excluding carboxylic acids is 2. The number of hydrogen-bond acceptors (Lipinski definition) is 18. The fourth-order valence-corrected chi connectivity index (χ4v) is 9.57. The number of carbonyl (C=O) groups is 2. The Morgan fingerprint density at radius 1 is 0.735 bits per heavy atom. The van der Waals surface area contributed by atoms with Crippen molar-refractivity contribution in [3.63, 3.8) is 0 Å². The number of ether oxygens (including phenoxy) is 2. The first-order chi connectivity index (χ1) is 32.9. The van der Waals surface area contributed by atoms with Gasteiger partial charge in [-0.1, -0.05) is 36.4 Å². The lowest BCUT2D eigenvalue weighted by atomic mass is 10.1. The molecule has 4 aromatic heterocycles. The molecule has 2 aromatic carbocycles. The molecule has 2 amide bonds. The Morgan fingerprint density at radius 2 is 1.28 bits per heavy atom. The van der Waals surface area contributed by atoms with Crippen LogP contribution in [0.5, 0.6) is 0 Å². The van der Waals surface area contributed by atoms with E-state index in [-0.39, 0.29) is 59.8 Å². The highest BCUT2D eigenvalue weighted by molar-refractivity contribution is 7.51. The Balaban J connectivity index is 1.01. The summed E-state index contributed by atoms with van der Waals surface area (Å²) in [5.41, 5.74) is 6.75. The van der Waals surface area contributed by atoms with Crippen LogP contribution >= 0.6 is 15.5 Å². The van der Waals surface area contributed by atoms with Crippen LogP contribution in [-0.4, -0.2) is 108 Å². The topological polar surface area (TPSA) is 321 Å². The van der Waals surface area contributed by atoms with Gasteiger partial charge in [-0.3, -0.25) is 36.8 Å². The summed E-state index contributed by atoms with van der Waals surface area (Å²) in [6.45, 7) is -2.16. The molecule has 2 fully saturated rings. The second-order valence-electron chi connectivity index (χ2n) is 14.9. The summed E-state index contributed by atoms with van der Waals surface area (Å²) in [5, 5.41) is 26.0. The zero-order chi connectivity index (χ0) is 47.8. The summed E-state index contributed by atoms with van der Waals surface area (Å²) >= 11 is 0. The van der Waals surface area contributed by atoms with Gasteiger partial charge in [0.15, 0.2) is 52.6 Å². The van der Waals surface area contributed by atoms with E-state index in [4.69, 9.17) is 38.3 Å². The van der Waals surface area contributed by atoms with Gasteiger partial charge in [-0.25, -0.2) is 58.4 Å². The second kappa shape index (κ2) is 21.2. The monoisotopic (exact) mass is 976 g/mol. The lowest BCUT2D eigenvalue weighted by Crippen LogP contribution is -2.43. The number of anilines is 2. The van der Waals surface area contributed by atoms with E-state index in [1.807, 2.05) is 6.07 Å². The first kappa shape index (κ1) is 47.9. The molecule has 2 aliphatic heterocycles. The molecule has 24 nitrogen and oxygen atoms in total. The smallest absolute Gasteiger partial charge is 0.349 e. The van der Waals surface area contributed by atoms with Gasteiger partial charge in [-0.05, 0) is 24.3 Å². The summed E-state index contributed by atoms with van der Waals surface area (Å²) < 4.78 is 96.7. The van der Waals surface area contributed by atoms with Crippen molar-refractivity contribution in [3.05, 3.63) is 97.1 Å². The van der Waals surface area contributed by atoms with Crippen LogP contribution in [0.3, 0.4) is 0 Å². The number of halogens is 2. The standard InChI is InChI=1S/C40H40F2N14O10P2/c41-27-17-26(65-39(27)55-22-50-31-33(46-20-48-35(31)55)52-37(57)24-9-3-1-4-10-24)18-64-68(60,62-16-8-14-44)54-30-28(19-63-67(45,59)61-15-7-13-43)66-40(29(30)42)56-23-51-32-34(47-21-49-36(32)56)53-38(58)25-11-5-2-6-12-25/h1-6,9-12,20-23,26-30,39-40H,7-8,15-19H2,(H2,45,59)(H,54,60)(H,46,48,52,57)(H,47,49,53,58)/t26-,27+,28+,29+,30+,39+,40+,67?,68?/m0/s1. The lowest BCUT2D eigenvalue weighted by molar-refractivity contribution is -0.0360. The molecule has 0 radical (unpaired) electrons. The first-order valence-corrected chi connectivity index (χ1v) is 23.8. The minimum atomic E-state index is -4.73. The van der Waals surface area contributed by atoms with Gasteiger partial charge in [-0.2, -0.15) is 10.5 Å². The predicted octanol–water partition coefficient (Wildman–Crippen LogP) is 5.06. The van der Waals surface area contributed by atoms with Crippen molar-refractivity contribution in [3.8, 4) is 12.1 Å². The van der Waals surface area contributed by atoms with Crippen LogP contribution in [0, 0.1) is 22.7 Å². The average molecular weight is 977 g/mol. The van der Waals surface area contributed by atoms with Crippen LogP contribution in [0.15, 0.2) is 86.0 Å². The predicted molar refractivity (Wildman–Crippen MR) is 232 cm³/mol. The Labute approximate surface area is 384 Å². The third kappa shape index (κ3) is 10.9. The van der Waals surface area contributed by atoms with Crippen LogP contribution < -0.4 is 21.2 Å². The molecule has 0 bridgehead atoms. The number of alkyl halides is 2. The molecular weight excluding hydrogens is 936 g/mol.